The maximum atomic E-state index is 14.3. The van der Waals surface area contributed by atoms with Gasteiger partial charge in [0.15, 0.2) is 17.3 Å². The second-order valence-electron chi connectivity index (χ2n) is 10.3. The van der Waals surface area contributed by atoms with Crippen LogP contribution in [-0.4, -0.2) is 29.6 Å². The van der Waals surface area contributed by atoms with Crippen LogP contribution in [0.1, 0.15) is 54.6 Å². The van der Waals surface area contributed by atoms with Crippen molar-refractivity contribution >= 4 is 22.8 Å². The van der Waals surface area contributed by atoms with Gasteiger partial charge in [-0.25, -0.2) is 8.78 Å². The van der Waals surface area contributed by atoms with Crippen LogP contribution in [0.4, 0.5) is 17.6 Å². The molecular weight excluding hydrogens is 522 g/mol. The minimum atomic E-state index is -3.78. The molecule has 2 saturated carbocycles. The fourth-order valence-corrected chi connectivity index (χ4v) is 5.41. The summed E-state index contributed by atoms with van der Waals surface area (Å²) in [6.45, 7) is 0. The molecule has 39 heavy (non-hydrogen) atoms. The molecule has 3 aromatic rings. The van der Waals surface area contributed by atoms with Crippen molar-refractivity contribution in [3.05, 3.63) is 47.7 Å². The molecule has 2 amide bonds. The molecule has 8 nitrogen and oxygen atoms in total. The average Bonchev–Trinajstić information content (AvgIpc) is 3.42. The first-order valence-corrected chi connectivity index (χ1v) is 12.2. The fraction of sp³-hybridized carbons (Fsp3) is 0.370. The molecule has 3 N–H and O–H groups in total. The molecule has 2 fully saturated rings. The number of primary amides is 1. The lowest BCUT2D eigenvalue weighted by Gasteiger charge is -2.39. The van der Waals surface area contributed by atoms with Crippen LogP contribution >= 0.6 is 0 Å². The van der Waals surface area contributed by atoms with E-state index in [1.807, 2.05) is 0 Å². The molecule has 2 aliphatic carbocycles. The minimum absolute atomic E-state index is 0.101. The van der Waals surface area contributed by atoms with Gasteiger partial charge in [0.1, 0.15) is 11.1 Å². The van der Waals surface area contributed by atoms with E-state index >= 15 is 0 Å². The van der Waals surface area contributed by atoms with Crippen molar-refractivity contribution in [2.24, 2.45) is 5.73 Å². The number of carbonyl (C=O) groups excluding carboxylic acids is 2. The fourth-order valence-electron chi connectivity index (χ4n) is 5.41. The first-order chi connectivity index (χ1) is 18.4. The monoisotopic (exact) mass is 543 g/mol. The van der Waals surface area contributed by atoms with E-state index in [4.69, 9.17) is 10.2 Å². The second kappa shape index (κ2) is 8.11. The van der Waals surface area contributed by atoms with Crippen LogP contribution in [0.5, 0.6) is 11.5 Å². The predicted octanol–water partition coefficient (Wildman–Crippen LogP) is 5.14. The average molecular weight is 543 g/mol. The number of hydrogen-bond donors (Lipinski definition) is 2. The Bertz CT molecular complexity index is 1580. The van der Waals surface area contributed by atoms with Crippen LogP contribution in [-0.2, 0) is 10.2 Å². The number of amides is 2. The van der Waals surface area contributed by atoms with E-state index in [9.17, 15) is 32.4 Å². The van der Waals surface area contributed by atoms with Gasteiger partial charge in [-0.1, -0.05) is 18.2 Å². The summed E-state index contributed by atoms with van der Waals surface area (Å²) < 4.78 is 70.2. The molecule has 6 rings (SSSR count). The van der Waals surface area contributed by atoms with Crippen molar-refractivity contribution in [3.8, 4) is 28.7 Å². The number of nitrogens with zero attached hydrogens (tertiary/aromatic N) is 1. The minimum Gasteiger partial charge on any atom is -0.451 e. The topological polar surface area (TPSA) is 128 Å². The number of furan rings is 1. The quantitative estimate of drug-likeness (QED) is 0.429. The Morgan fingerprint density at radius 3 is 2.18 bits per heavy atom. The molecule has 0 spiro atoms. The zero-order valence-corrected chi connectivity index (χ0v) is 20.3. The summed E-state index contributed by atoms with van der Waals surface area (Å²) in [6.07, 6.45) is -4.72. The zero-order chi connectivity index (χ0) is 27.8. The van der Waals surface area contributed by atoms with Crippen molar-refractivity contribution in [1.29, 1.82) is 5.26 Å². The van der Waals surface area contributed by atoms with Crippen molar-refractivity contribution < 1.29 is 41.0 Å². The zero-order valence-electron chi connectivity index (χ0n) is 20.3. The molecule has 0 saturated heterocycles. The highest BCUT2D eigenvalue weighted by Gasteiger charge is 2.55. The number of halogens is 4. The summed E-state index contributed by atoms with van der Waals surface area (Å²) in [5.41, 5.74) is 4.18. The highest BCUT2D eigenvalue weighted by atomic mass is 19.3. The van der Waals surface area contributed by atoms with Gasteiger partial charge in [-0.05, 0) is 55.0 Å². The Hall–Kier alpha value is -4.27. The number of ether oxygens (including phenoxy) is 2. The molecule has 2 aromatic carbocycles. The van der Waals surface area contributed by atoms with Crippen LogP contribution in [0.3, 0.4) is 0 Å². The number of fused-ring (bicyclic) bond motifs is 2. The third-order valence-corrected chi connectivity index (χ3v) is 7.71. The highest BCUT2D eigenvalue weighted by Crippen LogP contribution is 2.51. The number of hydrogen-bond acceptors (Lipinski definition) is 6. The summed E-state index contributed by atoms with van der Waals surface area (Å²) in [4.78, 5) is 26.2. The van der Waals surface area contributed by atoms with Crippen molar-refractivity contribution in [2.75, 3.05) is 0 Å². The Morgan fingerprint density at radius 1 is 0.897 bits per heavy atom. The van der Waals surface area contributed by atoms with Crippen LogP contribution in [0, 0.1) is 11.3 Å². The lowest BCUT2D eigenvalue weighted by Crippen LogP contribution is -2.52. The second-order valence-corrected chi connectivity index (χ2v) is 10.3. The molecule has 0 bridgehead atoms. The van der Waals surface area contributed by atoms with Gasteiger partial charge >= 0.3 is 6.29 Å². The summed E-state index contributed by atoms with van der Waals surface area (Å²) in [7, 11) is 0. The Morgan fingerprint density at radius 2 is 1.54 bits per heavy atom. The van der Waals surface area contributed by atoms with Crippen LogP contribution in [0.2, 0.25) is 0 Å². The van der Waals surface area contributed by atoms with Gasteiger partial charge in [0, 0.05) is 23.8 Å². The number of nitriles is 1. The van der Waals surface area contributed by atoms with E-state index in [1.54, 1.807) is 12.1 Å². The maximum absolute atomic E-state index is 14.3. The van der Waals surface area contributed by atoms with E-state index in [-0.39, 0.29) is 41.2 Å². The van der Waals surface area contributed by atoms with Crippen LogP contribution in [0.15, 0.2) is 40.8 Å². The number of alkyl halides is 4. The molecule has 202 valence electrons. The van der Waals surface area contributed by atoms with E-state index in [1.165, 1.54) is 24.3 Å². The first-order valence-electron chi connectivity index (χ1n) is 12.2. The largest absolute Gasteiger partial charge is 0.586 e. The van der Waals surface area contributed by atoms with Crippen molar-refractivity contribution in [1.82, 2.24) is 5.32 Å². The predicted molar refractivity (Wildman–Crippen MR) is 127 cm³/mol. The van der Waals surface area contributed by atoms with Crippen LogP contribution in [0.25, 0.3) is 22.1 Å². The lowest BCUT2D eigenvalue weighted by molar-refractivity contribution is -0.286. The molecule has 0 unspecified atom stereocenters. The number of benzene rings is 2. The smallest absolute Gasteiger partial charge is 0.451 e. The Balaban J connectivity index is 1.46. The van der Waals surface area contributed by atoms with E-state index in [2.05, 4.69) is 20.9 Å². The maximum Gasteiger partial charge on any atom is 0.586 e. The Labute approximate surface area is 218 Å². The Kier molecular flexibility index (Phi) is 5.21. The van der Waals surface area contributed by atoms with E-state index in [0.29, 0.717) is 29.4 Å². The standard InChI is InChI=1S/C27H21F4N3O5/c28-26(29)9-7-25(8-10-26,23(36)34-24(13-32)5-6-24)20-16-3-1-14(11-18(16)37-21(20)22(33)35)15-2-4-17-19(12-15)39-27(30,31)38-17/h1-4,11-12H,5-10H2,(H2,33,35)(H,34,36). The van der Waals surface area contributed by atoms with Gasteiger partial charge in [-0.2, -0.15) is 5.26 Å². The molecule has 0 radical (unpaired) electrons. The number of rotatable bonds is 5. The lowest BCUT2D eigenvalue weighted by atomic mass is 9.66. The number of nitrogens with one attached hydrogen (secondary N) is 1. The van der Waals surface area contributed by atoms with Crippen molar-refractivity contribution in [2.45, 2.75) is 61.7 Å². The SMILES string of the molecule is N#CC1(NC(=O)C2(c3c(C(N)=O)oc4cc(-c5ccc6c(c5)OC(F)(F)O6)ccc34)CCC(F)(F)CC2)CC1. The summed E-state index contributed by atoms with van der Waals surface area (Å²) in [6, 6.07) is 11.0. The first kappa shape index (κ1) is 25.0. The summed E-state index contributed by atoms with van der Waals surface area (Å²) in [5.74, 6) is -5.25. The number of nitrogens with two attached hydrogens (primary N) is 1. The molecule has 12 heteroatoms. The van der Waals surface area contributed by atoms with Gasteiger partial charge in [0.2, 0.25) is 11.8 Å². The number of carbonyl (C=O) groups is 2. The van der Waals surface area contributed by atoms with Gasteiger partial charge in [0.25, 0.3) is 5.91 Å². The molecule has 0 atom stereocenters. The molecule has 2 heterocycles. The van der Waals surface area contributed by atoms with E-state index < -0.39 is 47.8 Å². The van der Waals surface area contributed by atoms with Gasteiger partial charge < -0.3 is 24.9 Å². The van der Waals surface area contributed by atoms with E-state index in [0.717, 1.165) is 0 Å². The normalized spacial score (nSPS) is 21.2. The summed E-state index contributed by atoms with van der Waals surface area (Å²) in [5, 5.41) is 12.5. The van der Waals surface area contributed by atoms with Gasteiger partial charge in [0.05, 0.1) is 11.5 Å². The van der Waals surface area contributed by atoms with Gasteiger partial charge in [-0.15, -0.1) is 8.78 Å². The molecule has 1 aliphatic heterocycles. The summed E-state index contributed by atoms with van der Waals surface area (Å²) >= 11 is 0. The third kappa shape index (κ3) is 4.13. The van der Waals surface area contributed by atoms with Crippen molar-refractivity contribution in [3.63, 3.8) is 0 Å². The van der Waals surface area contributed by atoms with Gasteiger partial charge in [-0.3, -0.25) is 9.59 Å². The molecule has 1 aromatic heterocycles. The molecule has 3 aliphatic rings. The highest BCUT2D eigenvalue weighted by molar-refractivity contribution is 6.04. The molecular formula is C27H21F4N3O5. The third-order valence-electron chi connectivity index (χ3n) is 7.71. The van der Waals surface area contributed by atoms with Crippen LogP contribution < -0.4 is 20.5 Å².